The lowest BCUT2D eigenvalue weighted by atomic mass is 10.2. The Bertz CT molecular complexity index is 751. The number of benzene rings is 1. The van der Waals surface area contributed by atoms with Crippen LogP contribution in [0.3, 0.4) is 0 Å². The molecule has 0 atom stereocenters. The number of nitrogens with zero attached hydrogens (tertiary/aromatic N) is 2. The van der Waals surface area contributed by atoms with E-state index in [1.165, 1.54) is 15.6 Å². The second-order valence-corrected chi connectivity index (χ2v) is 8.70. The fraction of sp³-hybridized carbons (Fsp3) is 0.308. The molecule has 0 saturated carbocycles. The predicted octanol–water partition coefficient (Wildman–Crippen LogP) is 3.28. The molecule has 1 aromatic heterocycles. The van der Waals surface area contributed by atoms with E-state index in [1.807, 2.05) is 19.1 Å². The first-order valence-corrected chi connectivity index (χ1v) is 9.26. The van der Waals surface area contributed by atoms with E-state index >= 15 is 0 Å². The first kappa shape index (κ1) is 14.2. The Balaban J connectivity index is 2.16. The van der Waals surface area contributed by atoms with Crippen LogP contribution in [-0.2, 0) is 10.0 Å². The Kier molecular flexibility index (Phi) is 3.70. The molecule has 0 N–H and O–H groups in total. The highest BCUT2D eigenvalue weighted by atomic mass is 79.9. The van der Waals surface area contributed by atoms with Crippen molar-refractivity contribution in [1.29, 1.82) is 0 Å². The maximum atomic E-state index is 12.7. The Labute approximate surface area is 130 Å². The van der Waals surface area contributed by atoms with Crippen molar-refractivity contribution >= 4 is 37.3 Å². The average molecular weight is 373 g/mol. The van der Waals surface area contributed by atoms with E-state index in [2.05, 4.69) is 20.9 Å². The van der Waals surface area contributed by atoms with Gasteiger partial charge < -0.3 is 0 Å². The quantitative estimate of drug-likeness (QED) is 0.830. The van der Waals surface area contributed by atoms with Crippen LogP contribution in [0.15, 0.2) is 33.8 Å². The number of thiazole rings is 1. The van der Waals surface area contributed by atoms with Gasteiger partial charge in [0.15, 0.2) is 0 Å². The summed E-state index contributed by atoms with van der Waals surface area (Å²) in [7, 11) is -3.41. The smallest absolute Gasteiger partial charge is 0.243 e. The van der Waals surface area contributed by atoms with Crippen molar-refractivity contribution < 1.29 is 8.42 Å². The molecule has 1 aliphatic rings. The summed E-state index contributed by atoms with van der Waals surface area (Å²) in [4.78, 5) is 5.46. The summed E-state index contributed by atoms with van der Waals surface area (Å²) in [5, 5.41) is 0.926. The minimum absolute atomic E-state index is 0.357. The van der Waals surface area contributed by atoms with Crippen LogP contribution in [-0.4, -0.2) is 30.8 Å². The van der Waals surface area contributed by atoms with E-state index in [0.717, 1.165) is 26.3 Å². The lowest BCUT2D eigenvalue weighted by Crippen LogP contribution is -2.42. The Morgan fingerprint density at radius 2 is 2.10 bits per heavy atom. The maximum Gasteiger partial charge on any atom is 0.243 e. The van der Waals surface area contributed by atoms with Gasteiger partial charge in [0.1, 0.15) is 0 Å². The van der Waals surface area contributed by atoms with Gasteiger partial charge in [-0.25, -0.2) is 13.4 Å². The van der Waals surface area contributed by atoms with Crippen molar-refractivity contribution in [3.63, 3.8) is 0 Å². The van der Waals surface area contributed by atoms with Crippen molar-refractivity contribution in [1.82, 2.24) is 9.29 Å². The zero-order valence-corrected chi connectivity index (χ0v) is 14.1. The fourth-order valence-electron chi connectivity index (χ4n) is 2.07. The molecule has 4 nitrogen and oxygen atoms in total. The Morgan fingerprint density at radius 1 is 1.35 bits per heavy atom. The molecular weight excluding hydrogens is 360 g/mol. The molecule has 7 heteroatoms. The molecule has 1 aliphatic heterocycles. The van der Waals surface area contributed by atoms with Gasteiger partial charge >= 0.3 is 0 Å². The van der Waals surface area contributed by atoms with Gasteiger partial charge in [-0.2, -0.15) is 4.31 Å². The third-order valence-corrected chi connectivity index (χ3v) is 6.64. The summed E-state index contributed by atoms with van der Waals surface area (Å²) >= 11 is 4.87. The van der Waals surface area contributed by atoms with Crippen molar-refractivity contribution in [2.24, 2.45) is 0 Å². The Morgan fingerprint density at radius 3 is 2.65 bits per heavy atom. The second kappa shape index (κ2) is 5.22. The minimum Gasteiger partial charge on any atom is -0.249 e. The molecule has 2 heterocycles. The first-order valence-electron chi connectivity index (χ1n) is 6.21. The molecule has 1 aromatic carbocycles. The monoisotopic (exact) mass is 372 g/mol. The maximum absolute atomic E-state index is 12.7. The molecule has 2 aromatic rings. The van der Waals surface area contributed by atoms with Gasteiger partial charge in [-0.3, -0.25) is 0 Å². The summed E-state index contributed by atoms with van der Waals surface area (Å²) in [6, 6.07) is 5.38. The van der Waals surface area contributed by atoms with Crippen LogP contribution in [0.4, 0.5) is 0 Å². The van der Waals surface area contributed by atoms with E-state index in [9.17, 15) is 8.42 Å². The number of rotatable bonds is 3. The third kappa shape index (κ3) is 2.43. The van der Waals surface area contributed by atoms with Crippen LogP contribution in [0.5, 0.6) is 0 Å². The molecule has 106 valence electrons. The molecule has 0 aliphatic carbocycles. The lowest BCUT2D eigenvalue weighted by Gasteiger charge is -2.30. The van der Waals surface area contributed by atoms with Crippen molar-refractivity contribution in [3.8, 4) is 10.4 Å². The number of halogens is 1. The number of sulfonamides is 1. The SMILES string of the molecule is Cc1ncc(-c2ccc(Br)cc2S(=O)(=O)N2CCC2)s1. The van der Waals surface area contributed by atoms with Gasteiger partial charge in [-0.1, -0.05) is 22.0 Å². The van der Waals surface area contributed by atoms with Gasteiger partial charge in [0.2, 0.25) is 10.0 Å². The van der Waals surface area contributed by atoms with Crippen LogP contribution < -0.4 is 0 Å². The number of aryl methyl sites for hydroxylation is 1. The summed E-state index contributed by atoms with van der Waals surface area (Å²) < 4.78 is 27.6. The zero-order chi connectivity index (χ0) is 14.3. The Hall–Kier alpha value is -0.760. The molecule has 20 heavy (non-hydrogen) atoms. The molecular formula is C13H13BrN2O2S2. The highest BCUT2D eigenvalue weighted by molar-refractivity contribution is 9.10. The van der Waals surface area contributed by atoms with E-state index in [1.54, 1.807) is 12.3 Å². The van der Waals surface area contributed by atoms with Crippen LogP contribution >= 0.6 is 27.3 Å². The molecule has 0 radical (unpaired) electrons. The van der Waals surface area contributed by atoms with Crippen LogP contribution in [0, 0.1) is 6.92 Å². The summed E-state index contributed by atoms with van der Waals surface area (Å²) in [5.41, 5.74) is 0.728. The number of hydrogen-bond acceptors (Lipinski definition) is 4. The van der Waals surface area contributed by atoms with E-state index in [-0.39, 0.29) is 0 Å². The van der Waals surface area contributed by atoms with Gasteiger partial charge in [0, 0.05) is 29.3 Å². The summed E-state index contributed by atoms with van der Waals surface area (Å²) in [5.74, 6) is 0. The summed E-state index contributed by atoms with van der Waals surface area (Å²) in [6.07, 6.45) is 2.67. The van der Waals surface area contributed by atoms with Crippen LogP contribution in [0.1, 0.15) is 11.4 Å². The molecule has 0 amide bonds. The molecule has 0 spiro atoms. The minimum atomic E-state index is -3.41. The highest BCUT2D eigenvalue weighted by Crippen LogP contribution is 2.35. The molecule has 0 unspecified atom stereocenters. The van der Waals surface area contributed by atoms with Gasteiger partial charge in [-0.15, -0.1) is 11.3 Å². The normalized spacial score (nSPS) is 16.1. The van der Waals surface area contributed by atoms with E-state index in [0.29, 0.717) is 18.0 Å². The molecule has 1 saturated heterocycles. The second-order valence-electron chi connectivity index (χ2n) is 4.64. The standard InChI is InChI=1S/C13H13BrN2O2S2/c1-9-15-8-12(19-9)11-4-3-10(14)7-13(11)20(17,18)16-5-2-6-16/h3-4,7-8H,2,5-6H2,1H3. The van der Waals surface area contributed by atoms with E-state index < -0.39 is 10.0 Å². The first-order chi connectivity index (χ1) is 9.48. The van der Waals surface area contributed by atoms with Crippen LogP contribution in [0.2, 0.25) is 0 Å². The van der Waals surface area contributed by atoms with Gasteiger partial charge in [0.05, 0.1) is 14.8 Å². The number of aromatic nitrogens is 1. The molecule has 1 fully saturated rings. The fourth-order valence-corrected chi connectivity index (χ4v) is 5.21. The van der Waals surface area contributed by atoms with Crippen molar-refractivity contribution in [3.05, 3.63) is 33.9 Å². The summed E-state index contributed by atoms with van der Waals surface area (Å²) in [6.45, 7) is 3.13. The van der Waals surface area contributed by atoms with Crippen LogP contribution in [0.25, 0.3) is 10.4 Å². The van der Waals surface area contributed by atoms with Crippen molar-refractivity contribution in [2.45, 2.75) is 18.2 Å². The predicted molar refractivity (Wildman–Crippen MR) is 83.4 cm³/mol. The van der Waals surface area contributed by atoms with Gasteiger partial charge in [0.25, 0.3) is 0 Å². The van der Waals surface area contributed by atoms with Crippen molar-refractivity contribution in [2.75, 3.05) is 13.1 Å². The largest absolute Gasteiger partial charge is 0.249 e. The van der Waals surface area contributed by atoms with E-state index in [4.69, 9.17) is 0 Å². The highest BCUT2D eigenvalue weighted by Gasteiger charge is 2.31. The number of hydrogen-bond donors (Lipinski definition) is 0. The zero-order valence-electron chi connectivity index (χ0n) is 10.8. The van der Waals surface area contributed by atoms with Gasteiger partial charge in [-0.05, 0) is 25.5 Å². The topological polar surface area (TPSA) is 50.3 Å². The molecule has 0 bridgehead atoms. The third-order valence-electron chi connectivity index (χ3n) is 3.26. The lowest BCUT2D eigenvalue weighted by molar-refractivity contribution is 0.309. The average Bonchev–Trinajstić information content (AvgIpc) is 2.72. The molecule has 3 rings (SSSR count).